The van der Waals surface area contributed by atoms with E-state index in [4.69, 9.17) is 10.1 Å². The van der Waals surface area contributed by atoms with Gasteiger partial charge in [-0.3, -0.25) is 0 Å². The summed E-state index contributed by atoms with van der Waals surface area (Å²) in [6.45, 7) is 4.66. The summed E-state index contributed by atoms with van der Waals surface area (Å²) in [6, 6.07) is 63.0. The Balaban J connectivity index is 1.02. The summed E-state index contributed by atoms with van der Waals surface area (Å²) in [5, 5.41) is 10.1. The second kappa shape index (κ2) is 11.8. The Hall–Kier alpha value is -6.58. The largest absolute Gasteiger partial charge is 0.213 e. The maximum absolute atomic E-state index is 5.17. The molecule has 0 amide bonds. The predicted molar refractivity (Wildman–Crippen MR) is 216 cm³/mol. The van der Waals surface area contributed by atoms with Crippen molar-refractivity contribution in [3.8, 4) is 61.8 Å². The number of hydrogen-bond donors (Lipinski definition) is 0. The van der Waals surface area contributed by atoms with Crippen LogP contribution in [0.1, 0.15) is 25.0 Å². The van der Waals surface area contributed by atoms with Crippen LogP contribution in [-0.4, -0.2) is 14.8 Å². The summed E-state index contributed by atoms with van der Waals surface area (Å²) < 4.78 is 1.96. The number of nitrogens with zero attached hydrogens (tertiary/aromatic N) is 3. The first-order chi connectivity index (χ1) is 25.5. The maximum atomic E-state index is 5.17. The second-order valence-corrected chi connectivity index (χ2v) is 14.3. The first kappa shape index (κ1) is 30.3. The topological polar surface area (TPSA) is 30.7 Å². The molecule has 3 heteroatoms. The second-order valence-electron chi connectivity index (χ2n) is 14.3. The van der Waals surface area contributed by atoms with Gasteiger partial charge in [0.25, 0.3) is 0 Å². The van der Waals surface area contributed by atoms with E-state index in [-0.39, 0.29) is 5.41 Å². The maximum Gasteiger partial charge on any atom is 0.182 e. The van der Waals surface area contributed by atoms with Crippen LogP contribution in [0.4, 0.5) is 0 Å². The van der Waals surface area contributed by atoms with Crippen LogP contribution in [0.15, 0.2) is 176 Å². The third-order valence-corrected chi connectivity index (χ3v) is 10.9. The van der Waals surface area contributed by atoms with Gasteiger partial charge in [0.1, 0.15) is 0 Å². The van der Waals surface area contributed by atoms with E-state index >= 15 is 0 Å². The van der Waals surface area contributed by atoms with Crippen LogP contribution >= 0.6 is 0 Å². The van der Waals surface area contributed by atoms with Crippen molar-refractivity contribution < 1.29 is 0 Å². The zero-order valence-electron chi connectivity index (χ0n) is 29.1. The SMILES string of the molecule is CC1(C)c2ccccc2-c2ccc(-c3ccc(-c4nc(-c5ccc(-c6c7ccccc7cc7ccccc67)cc5)n(-c5ccccc5)n4)cc3)cc21. The lowest BCUT2D eigenvalue weighted by Gasteiger charge is -2.22. The Morgan fingerprint density at radius 3 is 1.73 bits per heavy atom. The Morgan fingerprint density at radius 1 is 0.442 bits per heavy atom. The molecule has 3 nitrogen and oxygen atoms in total. The average molecular weight is 666 g/mol. The minimum absolute atomic E-state index is 0.0344. The Labute approximate surface area is 303 Å². The van der Waals surface area contributed by atoms with Gasteiger partial charge in [0.05, 0.1) is 5.69 Å². The van der Waals surface area contributed by atoms with Crippen molar-refractivity contribution in [2.75, 3.05) is 0 Å². The molecule has 0 radical (unpaired) electrons. The molecule has 1 aliphatic rings. The third kappa shape index (κ3) is 4.81. The molecule has 0 fully saturated rings. The fourth-order valence-corrected chi connectivity index (χ4v) is 8.18. The number of rotatable bonds is 5. The number of fused-ring (bicyclic) bond motifs is 5. The highest BCUT2D eigenvalue weighted by Gasteiger charge is 2.35. The van der Waals surface area contributed by atoms with E-state index in [0.29, 0.717) is 5.82 Å². The zero-order valence-corrected chi connectivity index (χ0v) is 29.1. The summed E-state index contributed by atoms with van der Waals surface area (Å²) in [5.74, 6) is 1.50. The van der Waals surface area contributed by atoms with Gasteiger partial charge in [-0.1, -0.05) is 166 Å². The van der Waals surface area contributed by atoms with Gasteiger partial charge in [0.15, 0.2) is 11.6 Å². The molecule has 9 aromatic rings. The predicted octanol–water partition coefficient (Wildman–Crippen LogP) is 12.5. The molecule has 10 rings (SSSR count). The fraction of sp³-hybridized carbons (Fsp3) is 0.0612. The van der Waals surface area contributed by atoms with Gasteiger partial charge in [0, 0.05) is 16.5 Å². The van der Waals surface area contributed by atoms with Crippen LogP contribution < -0.4 is 0 Å². The standard InChI is InChI=1S/C49H35N3/c1-49(2)44-19-11-10-18-42(44)43-29-28-36(31-45(43)49)32-20-24-34(25-21-32)47-50-48(52(51-47)39-14-4-3-5-15-39)35-26-22-33(23-27-35)46-40-16-8-6-12-37(40)30-38-13-7-9-17-41(38)46/h3-31H,1-2H3. The molecule has 0 unspecified atom stereocenters. The minimum Gasteiger partial charge on any atom is -0.213 e. The molecule has 1 aliphatic carbocycles. The molecule has 1 heterocycles. The molecule has 0 N–H and O–H groups in total. The van der Waals surface area contributed by atoms with Crippen molar-refractivity contribution in [3.63, 3.8) is 0 Å². The van der Waals surface area contributed by atoms with Gasteiger partial charge in [-0.2, -0.15) is 0 Å². The van der Waals surface area contributed by atoms with Gasteiger partial charge in [0.2, 0.25) is 0 Å². The van der Waals surface area contributed by atoms with Crippen LogP contribution in [0.2, 0.25) is 0 Å². The first-order valence-electron chi connectivity index (χ1n) is 17.9. The summed E-state index contributed by atoms with van der Waals surface area (Å²) in [4.78, 5) is 5.17. The summed E-state index contributed by atoms with van der Waals surface area (Å²) in [5.41, 5.74) is 13.2. The lowest BCUT2D eigenvalue weighted by molar-refractivity contribution is 0.660. The van der Waals surface area contributed by atoms with Crippen LogP contribution in [0, 0.1) is 0 Å². The molecule has 0 saturated carbocycles. The van der Waals surface area contributed by atoms with Crippen LogP contribution in [0.5, 0.6) is 0 Å². The third-order valence-electron chi connectivity index (χ3n) is 10.9. The van der Waals surface area contributed by atoms with Crippen molar-refractivity contribution in [1.82, 2.24) is 14.8 Å². The molecule has 0 aliphatic heterocycles. The van der Waals surface area contributed by atoms with Gasteiger partial charge < -0.3 is 0 Å². The van der Waals surface area contributed by atoms with Crippen molar-refractivity contribution in [2.24, 2.45) is 0 Å². The van der Waals surface area contributed by atoms with E-state index in [1.807, 2.05) is 22.9 Å². The van der Waals surface area contributed by atoms with Crippen molar-refractivity contribution in [1.29, 1.82) is 0 Å². The molecule has 52 heavy (non-hydrogen) atoms. The van der Waals surface area contributed by atoms with E-state index in [1.54, 1.807) is 0 Å². The fourth-order valence-electron chi connectivity index (χ4n) is 8.18. The zero-order chi connectivity index (χ0) is 34.8. The molecule has 8 aromatic carbocycles. The highest BCUT2D eigenvalue weighted by molar-refractivity contribution is 6.12. The number of hydrogen-bond acceptors (Lipinski definition) is 2. The molecule has 0 bridgehead atoms. The van der Waals surface area contributed by atoms with Gasteiger partial charge >= 0.3 is 0 Å². The van der Waals surface area contributed by atoms with E-state index in [9.17, 15) is 0 Å². The highest BCUT2D eigenvalue weighted by Crippen LogP contribution is 2.49. The Kier molecular flexibility index (Phi) is 6.84. The van der Waals surface area contributed by atoms with Crippen molar-refractivity contribution in [3.05, 3.63) is 187 Å². The normalized spacial score (nSPS) is 13.0. The van der Waals surface area contributed by atoms with Gasteiger partial charge in [-0.25, -0.2) is 9.67 Å². The smallest absolute Gasteiger partial charge is 0.182 e. The molecular weight excluding hydrogens is 631 g/mol. The van der Waals surface area contributed by atoms with Gasteiger partial charge in [-0.15, -0.1) is 5.10 Å². The summed E-state index contributed by atoms with van der Waals surface area (Å²) in [7, 11) is 0. The monoisotopic (exact) mass is 665 g/mol. The molecule has 0 spiro atoms. The molecule has 0 saturated heterocycles. The average Bonchev–Trinajstić information content (AvgIpc) is 3.75. The van der Waals surface area contributed by atoms with Crippen LogP contribution in [0.3, 0.4) is 0 Å². The van der Waals surface area contributed by atoms with Crippen molar-refractivity contribution in [2.45, 2.75) is 19.3 Å². The number of aromatic nitrogens is 3. The lowest BCUT2D eigenvalue weighted by atomic mass is 9.81. The van der Waals surface area contributed by atoms with E-state index in [2.05, 4.69) is 172 Å². The van der Waals surface area contributed by atoms with E-state index in [0.717, 1.165) is 22.6 Å². The van der Waals surface area contributed by atoms with E-state index in [1.165, 1.54) is 66.1 Å². The molecule has 1 aromatic heterocycles. The number of para-hydroxylation sites is 1. The van der Waals surface area contributed by atoms with Crippen LogP contribution in [0.25, 0.3) is 83.4 Å². The molecule has 0 atom stereocenters. The summed E-state index contributed by atoms with van der Waals surface area (Å²) >= 11 is 0. The number of benzene rings is 8. The van der Waals surface area contributed by atoms with Gasteiger partial charge in [-0.05, 0) is 90.3 Å². The Bertz CT molecular complexity index is 2740. The first-order valence-corrected chi connectivity index (χ1v) is 17.9. The quantitative estimate of drug-likeness (QED) is 0.171. The summed E-state index contributed by atoms with van der Waals surface area (Å²) in [6.07, 6.45) is 0. The molecule has 246 valence electrons. The van der Waals surface area contributed by atoms with E-state index < -0.39 is 0 Å². The van der Waals surface area contributed by atoms with Crippen LogP contribution in [-0.2, 0) is 5.41 Å². The molecular formula is C49H35N3. The lowest BCUT2D eigenvalue weighted by Crippen LogP contribution is -2.14. The Morgan fingerprint density at radius 2 is 1.00 bits per heavy atom. The minimum atomic E-state index is -0.0344. The van der Waals surface area contributed by atoms with Crippen molar-refractivity contribution >= 4 is 21.5 Å². The highest BCUT2D eigenvalue weighted by atomic mass is 15.4.